The number of aliphatic hydroxyl groups excluding tert-OH is 1. The van der Waals surface area contributed by atoms with Crippen molar-refractivity contribution in [1.29, 1.82) is 0 Å². The minimum absolute atomic E-state index is 0.00463. The molecule has 1 amide bonds. The first-order valence-corrected chi connectivity index (χ1v) is 6.59. The molecule has 0 atom stereocenters. The van der Waals surface area contributed by atoms with Crippen LogP contribution in [0, 0.1) is 0 Å². The second-order valence-electron chi connectivity index (χ2n) is 4.67. The van der Waals surface area contributed by atoms with Crippen molar-refractivity contribution in [2.45, 2.75) is 12.6 Å². The number of hydrogen-bond donors (Lipinski definition) is 2. The monoisotopic (exact) mass is 309 g/mol. The van der Waals surface area contributed by atoms with Crippen LogP contribution in [0.2, 0.25) is 0 Å². The molecule has 6 heteroatoms. The van der Waals surface area contributed by atoms with Crippen molar-refractivity contribution in [2.75, 3.05) is 11.9 Å². The van der Waals surface area contributed by atoms with Crippen molar-refractivity contribution >= 4 is 11.6 Å². The SMILES string of the molecule is O=C(Nc1ccc(CCO)cc1)c1ccccc1C(F)(F)F. The molecule has 0 saturated heterocycles. The first-order valence-electron chi connectivity index (χ1n) is 6.59. The zero-order valence-corrected chi connectivity index (χ0v) is 11.5. The molecule has 0 aliphatic heterocycles. The smallest absolute Gasteiger partial charge is 0.396 e. The summed E-state index contributed by atoms with van der Waals surface area (Å²) in [6.45, 7) is 0.00463. The van der Waals surface area contributed by atoms with Gasteiger partial charge in [-0.3, -0.25) is 4.79 Å². The Morgan fingerprint density at radius 3 is 2.27 bits per heavy atom. The Balaban J connectivity index is 2.19. The first kappa shape index (κ1) is 16.0. The molecule has 2 aromatic rings. The largest absolute Gasteiger partial charge is 0.417 e. The minimum atomic E-state index is -4.58. The normalized spacial score (nSPS) is 11.3. The zero-order valence-electron chi connectivity index (χ0n) is 11.5. The van der Waals surface area contributed by atoms with Gasteiger partial charge in [-0.15, -0.1) is 0 Å². The van der Waals surface area contributed by atoms with Gasteiger partial charge in [0.25, 0.3) is 5.91 Å². The van der Waals surface area contributed by atoms with Crippen LogP contribution in [0.5, 0.6) is 0 Å². The lowest BCUT2D eigenvalue weighted by atomic mass is 10.1. The van der Waals surface area contributed by atoms with Gasteiger partial charge < -0.3 is 10.4 Å². The fourth-order valence-electron chi connectivity index (χ4n) is 2.01. The average Bonchev–Trinajstić information content (AvgIpc) is 2.48. The van der Waals surface area contributed by atoms with Gasteiger partial charge in [0.2, 0.25) is 0 Å². The third-order valence-electron chi connectivity index (χ3n) is 3.09. The van der Waals surface area contributed by atoms with E-state index in [1.54, 1.807) is 24.3 Å². The van der Waals surface area contributed by atoms with E-state index in [0.29, 0.717) is 12.1 Å². The number of nitrogens with one attached hydrogen (secondary N) is 1. The molecule has 0 radical (unpaired) electrons. The highest BCUT2D eigenvalue weighted by atomic mass is 19.4. The van der Waals surface area contributed by atoms with Crippen LogP contribution >= 0.6 is 0 Å². The van der Waals surface area contributed by atoms with E-state index in [2.05, 4.69) is 5.32 Å². The van der Waals surface area contributed by atoms with Crippen molar-refractivity contribution < 1.29 is 23.1 Å². The van der Waals surface area contributed by atoms with Gasteiger partial charge in [0.05, 0.1) is 11.1 Å². The number of carbonyl (C=O) groups excluding carboxylic acids is 1. The number of amides is 1. The fraction of sp³-hybridized carbons (Fsp3) is 0.188. The summed E-state index contributed by atoms with van der Waals surface area (Å²) >= 11 is 0. The van der Waals surface area contributed by atoms with Gasteiger partial charge >= 0.3 is 6.18 Å². The maximum atomic E-state index is 12.9. The summed E-state index contributed by atoms with van der Waals surface area (Å²) in [6.07, 6.45) is -4.11. The molecule has 0 bridgehead atoms. The summed E-state index contributed by atoms with van der Waals surface area (Å²) in [6, 6.07) is 11.2. The molecule has 0 aromatic heterocycles. The van der Waals surface area contributed by atoms with Crippen LogP contribution in [0.1, 0.15) is 21.5 Å². The van der Waals surface area contributed by atoms with Crippen LogP contribution < -0.4 is 5.32 Å². The van der Waals surface area contributed by atoms with Crippen molar-refractivity contribution in [3.8, 4) is 0 Å². The third-order valence-corrected chi connectivity index (χ3v) is 3.09. The van der Waals surface area contributed by atoms with Crippen molar-refractivity contribution in [1.82, 2.24) is 0 Å². The molecular formula is C16H14F3NO2. The fourth-order valence-corrected chi connectivity index (χ4v) is 2.01. The highest BCUT2D eigenvalue weighted by molar-refractivity contribution is 6.05. The zero-order chi connectivity index (χ0) is 16.2. The van der Waals surface area contributed by atoms with Gasteiger partial charge in [-0.25, -0.2) is 0 Å². The number of anilines is 1. The molecule has 0 fully saturated rings. The van der Waals surface area contributed by atoms with Gasteiger partial charge in [-0.2, -0.15) is 13.2 Å². The summed E-state index contributed by atoms with van der Waals surface area (Å²) in [5, 5.41) is 11.3. The van der Waals surface area contributed by atoms with Crippen molar-refractivity contribution in [3.63, 3.8) is 0 Å². The second kappa shape index (κ2) is 6.62. The van der Waals surface area contributed by atoms with E-state index in [1.165, 1.54) is 12.1 Å². The second-order valence-corrected chi connectivity index (χ2v) is 4.67. The molecule has 2 rings (SSSR count). The number of rotatable bonds is 4. The molecule has 2 N–H and O–H groups in total. The molecule has 0 unspecified atom stereocenters. The summed E-state index contributed by atoms with van der Waals surface area (Å²) in [5.74, 6) is -0.817. The Labute approximate surface area is 125 Å². The Hall–Kier alpha value is -2.34. The average molecular weight is 309 g/mol. The van der Waals surface area contributed by atoms with E-state index < -0.39 is 23.2 Å². The number of hydrogen-bond acceptors (Lipinski definition) is 2. The molecule has 0 spiro atoms. The molecule has 22 heavy (non-hydrogen) atoms. The molecule has 0 aliphatic rings. The van der Waals surface area contributed by atoms with Crippen LogP contribution in [0.4, 0.5) is 18.9 Å². The Kier molecular flexibility index (Phi) is 4.82. The maximum Gasteiger partial charge on any atom is 0.417 e. The standard InChI is InChI=1S/C16H14F3NO2/c17-16(18,19)14-4-2-1-3-13(14)15(22)20-12-7-5-11(6-8-12)9-10-21/h1-8,21H,9-10H2,(H,20,22). The number of alkyl halides is 3. The predicted octanol–water partition coefficient (Wildman–Crippen LogP) is 3.49. The minimum Gasteiger partial charge on any atom is -0.396 e. The molecule has 3 nitrogen and oxygen atoms in total. The van der Waals surface area contributed by atoms with E-state index in [1.807, 2.05) is 0 Å². The molecule has 0 heterocycles. The van der Waals surface area contributed by atoms with Crippen molar-refractivity contribution in [3.05, 3.63) is 65.2 Å². The van der Waals surface area contributed by atoms with Crippen LogP contribution in [-0.2, 0) is 12.6 Å². The maximum absolute atomic E-state index is 12.9. The van der Waals surface area contributed by atoms with Gasteiger partial charge in [-0.05, 0) is 36.2 Å². The predicted molar refractivity (Wildman–Crippen MR) is 76.6 cm³/mol. The van der Waals surface area contributed by atoms with Gasteiger partial charge in [0.15, 0.2) is 0 Å². The third kappa shape index (κ3) is 3.85. The topological polar surface area (TPSA) is 49.3 Å². The van der Waals surface area contributed by atoms with Crippen LogP contribution in [-0.4, -0.2) is 17.6 Å². The molecule has 2 aromatic carbocycles. The highest BCUT2D eigenvalue weighted by Crippen LogP contribution is 2.32. The Bertz CT molecular complexity index is 651. The number of benzene rings is 2. The highest BCUT2D eigenvalue weighted by Gasteiger charge is 2.34. The van der Waals surface area contributed by atoms with E-state index in [4.69, 9.17) is 5.11 Å². The number of carbonyl (C=O) groups is 1. The van der Waals surface area contributed by atoms with Crippen LogP contribution in [0.3, 0.4) is 0 Å². The Morgan fingerprint density at radius 1 is 1.05 bits per heavy atom. The van der Waals surface area contributed by atoms with E-state index in [-0.39, 0.29) is 6.61 Å². The molecule has 0 aliphatic carbocycles. The lowest BCUT2D eigenvalue weighted by Gasteiger charge is -2.12. The number of aliphatic hydroxyl groups is 1. The molecule has 116 valence electrons. The van der Waals surface area contributed by atoms with Crippen molar-refractivity contribution in [2.24, 2.45) is 0 Å². The quantitative estimate of drug-likeness (QED) is 0.908. The lowest BCUT2D eigenvalue weighted by Crippen LogP contribution is -2.18. The molecule has 0 saturated carbocycles. The summed E-state index contributed by atoms with van der Waals surface area (Å²) < 4.78 is 38.6. The summed E-state index contributed by atoms with van der Waals surface area (Å²) in [4.78, 5) is 12.0. The van der Waals surface area contributed by atoms with Gasteiger partial charge in [0.1, 0.15) is 0 Å². The van der Waals surface area contributed by atoms with E-state index >= 15 is 0 Å². The summed E-state index contributed by atoms with van der Waals surface area (Å²) in [5.41, 5.74) is -0.126. The van der Waals surface area contributed by atoms with Crippen LogP contribution in [0.15, 0.2) is 48.5 Å². The number of halogens is 3. The van der Waals surface area contributed by atoms with Crippen LogP contribution in [0.25, 0.3) is 0 Å². The molecular weight excluding hydrogens is 295 g/mol. The Morgan fingerprint density at radius 2 is 1.68 bits per heavy atom. The summed E-state index contributed by atoms with van der Waals surface area (Å²) in [7, 11) is 0. The van der Waals surface area contributed by atoms with E-state index in [9.17, 15) is 18.0 Å². The van der Waals surface area contributed by atoms with Gasteiger partial charge in [0, 0.05) is 12.3 Å². The van der Waals surface area contributed by atoms with Gasteiger partial charge in [-0.1, -0.05) is 24.3 Å². The van der Waals surface area contributed by atoms with E-state index in [0.717, 1.165) is 17.7 Å². The lowest BCUT2D eigenvalue weighted by molar-refractivity contribution is -0.137. The first-order chi connectivity index (χ1) is 10.4.